The molecule has 2 aliphatic rings. The minimum absolute atomic E-state index is 0.109. The van der Waals surface area contributed by atoms with Crippen molar-refractivity contribution in [3.8, 4) is 22.9 Å². The largest absolute Gasteiger partial charge is 0.454 e. The van der Waals surface area contributed by atoms with Crippen LogP contribution < -0.4 is 9.47 Å². The zero-order valence-corrected chi connectivity index (χ0v) is 16.3. The van der Waals surface area contributed by atoms with E-state index in [0.29, 0.717) is 42.6 Å². The summed E-state index contributed by atoms with van der Waals surface area (Å²) in [4.78, 5) is 19.0. The number of carbonyl (C=O) groups excluding carboxylic acids is 1. The zero-order chi connectivity index (χ0) is 20.0. The average Bonchev–Trinajstić information content (AvgIpc) is 3.43. The van der Waals surface area contributed by atoms with E-state index in [2.05, 4.69) is 42.2 Å². The number of hydrogen-bond donors (Lipinski definition) is 0. The summed E-state index contributed by atoms with van der Waals surface area (Å²) in [6, 6.07) is 11.6. The van der Waals surface area contributed by atoms with E-state index >= 15 is 0 Å². The predicted molar refractivity (Wildman–Crippen MR) is 104 cm³/mol. The Bertz CT molecular complexity index is 1090. The predicted octanol–water partition coefficient (Wildman–Crippen LogP) is 3.95. The van der Waals surface area contributed by atoms with Gasteiger partial charge in [0.05, 0.1) is 0 Å². The van der Waals surface area contributed by atoms with Crippen molar-refractivity contribution in [2.45, 2.75) is 39.3 Å². The summed E-state index contributed by atoms with van der Waals surface area (Å²) in [5.41, 5.74) is 4.30. The highest BCUT2D eigenvalue weighted by Gasteiger charge is 2.36. The summed E-state index contributed by atoms with van der Waals surface area (Å²) in [5.74, 6) is 2.43. The third-order valence-corrected chi connectivity index (χ3v) is 5.52. The van der Waals surface area contributed by atoms with Gasteiger partial charge < -0.3 is 18.9 Å². The molecule has 0 N–H and O–H groups in total. The SMILES string of the molecule is Cc1ccc(CN2C(=O)CCC2c2nc(-c3ccc4c(c3)OCO4)no2)c(C)c1. The summed E-state index contributed by atoms with van der Waals surface area (Å²) in [7, 11) is 0. The zero-order valence-electron chi connectivity index (χ0n) is 16.3. The van der Waals surface area contributed by atoms with Gasteiger partial charge in [-0.1, -0.05) is 28.9 Å². The number of rotatable bonds is 4. The summed E-state index contributed by atoms with van der Waals surface area (Å²) >= 11 is 0. The fourth-order valence-electron chi connectivity index (χ4n) is 3.92. The molecular formula is C22H21N3O4. The molecule has 0 saturated carbocycles. The first-order chi connectivity index (χ1) is 14.1. The third kappa shape index (κ3) is 3.22. The highest BCUT2D eigenvalue weighted by molar-refractivity contribution is 5.79. The second-order valence-electron chi connectivity index (χ2n) is 7.53. The van der Waals surface area contributed by atoms with Gasteiger partial charge in [-0.25, -0.2) is 0 Å². The van der Waals surface area contributed by atoms with E-state index in [1.54, 1.807) is 0 Å². The van der Waals surface area contributed by atoms with Crippen LogP contribution in [0.15, 0.2) is 40.9 Å². The van der Waals surface area contributed by atoms with Crippen LogP contribution in [-0.4, -0.2) is 27.7 Å². The fourth-order valence-corrected chi connectivity index (χ4v) is 3.92. The lowest BCUT2D eigenvalue weighted by Gasteiger charge is -2.23. The van der Waals surface area contributed by atoms with Crippen LogP contribution in [0, 0.1) is 13.8 Å². The Kier molecular flexibility index (Phi) is 4.23. The summed E-state index contributed by atoms with van der Waals surface area (Å²) in [6.45, 7) is 4.89. The van der Waals surface area contributed by atoms with Crippen molar-refractivity contribution in [1.29, 1.82) is 0 Å². The van der Waals surface area contributed by atoms with Gasteiger partial charge in [0.2, 0.25) is 24.4 Å². The normalized spacial score (nSPS) is 17.9. The molecule has 1 saturated heterocycles. The molecule has 0 radical (unpaired) electrons. The molecule has 29 heavy (non-hydrogen) atoms. The lowest BCUT2D eigenvalue weighted by molar-refractivity contribution is -0.130. The van der Waals surface area contributed by atoms with Crippen molar-refractivity contribution >= 4 is 5.91 Å². The van der Waals surface area contributed by atoms with Crippen molar-refractivity contribution in [2.75, 3.05) is 6.79 Å². The summed E-state index contributed by atoms with van der Waals surface area (Å²) < 4.78 is 16.3. The summed E-state index contributed by atoms with van der Waals surface area (Å²) in [6.07, 6.45) is 1.16. The number of fused-ring (bicyclic) bond motifs is 1. The molecule has 5 rings (SSSR count). The van der Waals surface area contributed by atoms with Crippen molar-refractivity contribution < 1.29 is 18.8 Å². The van der Waals surface area contributed by atoms with Crippen LogP contribution in [0.3, 0.4) is 0 Å². The molecule has 1 atom stereocenters. The Balaban J connectivity index is 1.40. The van der Waals surface area contributed by atoms with Crippen LogP contribution in [0.2, 0.25) is 0 Å². The van der Waals surface area contributed by atoms with Crippen LogP contribution in [0.1, 0.15) is 41.5 Å². The van der Waals surface area contributed by atoms with Crippen molar-refractivity contribution in [2.24, 2.45) is 0 Å². The number of amides is 1. The minimum Gasteiger partial charge on any atom is -0.454 e. The third-order valence-electron chi connectivity index (χ3n) is 5.52. The topological polar surface area (TPSA) is 77.7 Å². The molecule has 3 heterocycles. The molecule has 7 heteroatoms. The van der Waals surface area contributed by atoms with E-state index in [4.69, 9.17) is 14.0 Å². The number of carbonyl (C=O) groups is 1. The van der Waals surface area contributed by atoms with E-state index in [1.165, 1.54) is 11.1 Å². The number of hydrogen-bond acceptors (Lipinski definition) is 6. The van der Waals surface area contributed by atoms with Gasteiger partial charge in [-0.3, -0.25) is 4.79 Å². The highest BCUT2D eigenvalue weighted by atomic mass is 16.7. The molecule has 148 valence electrons. The van der Waals surface area contributed by atoms with E-state index < -0.39 is 0 Å². The van der Waals surface area contributed by atoms with Crippen molar-refractivity contribution in [3.63, 3.8) is 0 Å². The van der Waals surface area contributed by atoms with Crippen LogP contribution >= 0.6 is 0 Å². The van der Waals surface area contributed by atoms with E-state index in [9.17, 15) is 4.79 Å². The molecule has 0 bridgehead atoms. The first kappa shape index (κ1) is 17.7. The quantitative estimate of drug-likeness (QED) is 0.670. The first-order valence-corrected chi connectivity index (χ1v) is 9.68. The van der Waals surface area contributed by atoms with Gasteiger partial charge in [-0.05, 0) is 49.6 Å². The molecule has 0 aliphatic carbocycles. The maximum Gasteiger partial charge on any atom is 0.249 e. The second-order valence-corrected chi connectivity index (χ2v) is 7.53. The van der Waals surface area contributed by atoms with Gasteiger partial charge in [0.15, 0.2) is 11.5 Å². The number of ether oxygens (including phenoxy) is 2. The molecule has 1 aromatic heterocycles. The molecule has 3 aromatic rings. The highest BCUT2D eigenvalue weighted by Crippen LogP contribution is 2.37. The van der Waals surface area contributed by atoms with Gasteiger partial charge >= 0.3 is 0 Å². The second kappa shape index (κ2) is 6.92. The van der Waals surface area contributed by atoms with E-state index in [-0.39, 0.29) is 18.7 Å². The minimum atomic E-state index is -0.210. The number of likely N-dealkylation sites (tertiary alicyclic amines) is 1. The van der Waals surface area contributed by atoms with E-state index in [1.807, 2.05) is 23.1 Å². The standard InChI is InChI=1S/C22H21N3O4/c1-13-3-4-16(14(2)9-13)11-25-17(6-8-20(25)26)22-23-21(24-29-22)15-5-7-18-19(10-15)28-12-27-18/h3-5,7,9-10,17H,6,8,11-12H2,1-2H3. The molecule has 1 fully saturated rings. The Morgan fingerprint density at radius 3 is 2.83 bits per heavy atom. The maximum atomic E-state index is 12.6. The Morgan fingerprint density at radius 1 is 1.10 bits per heavy atom. The molecule has 7 nitrogen and oxygen atoms in total. The molecule has 1 unspecified atom stereocenters. The number of aryl methyl sites for hydroxylation is 2. The monoisotopic (exact) mass is 391 g/mol. The maximum absolute atomic E-state index is 12.6. The lowest BCUT2D eigenvalue weighted by Crippen LogP contribution is -2.27. The van der Waals surface area contributed by atoms with Crippen molar-refractivity contribution in [3.05, 3.63) is 59.0 Å². The van der Waals surface area contributed by atoms with Crippen LogP contribution in [0.5, 0.6) is 11.5 Å². The fraction of sp³-hybridized carbons (Fsp3) is 0.318. The Morgan fingerprint density at radius 2 is 1.97 bits per heavy atom. The van der Waals surface area contributed by atoms with Gasteiger partial charge in [-0.15, -0.1) is 0 Å². The van der Waals surface area contributed by atoms with Gasteiger partial charge in [0, 0.05) is 18.5 Å². The van der Waals surface area contributed by atoms with Crippen LogP contribution in [0.4, 0.5) is 0 Å². The van der Waals surface area contributed by atoms with Crippen LogP contribution in [0.25, 0.3) is 11.4 Å². The number of nitrogens with zero attached hydrogens (tertiary/aromatic N) is 3. The molecule has 2 aliphatic heterocycles. The lowest BCUT2D eigenvalue weighted by atomic mass is 10.0. The van der Waals surface area contributed by atoms with Crippen molar-refractivity contribution in [1.82, 2.24) is 15.0 Å². The number of aromatic nitrogens is 2. The van der Waals surface area contributed by atoms with Gasteiger partial charge in [0.25, 0.3) is 0 Å². The Labute approximate surface area is 168 Å². The average molecular weight is 391 g/mol. The molecule has 1 amide bonds. The summed E-state index contributed by atoms with van der Waals surface area (Å²) in [5, 5.41) is 4.13. The Hall–Kier alpha value is -3.35. The number of benzene rings is 2. The van der Waals surface area contributed by atoms with E-state index in [0.717, 1.165) is 11.1 Å². The van der Waals surface area contributed by atoms with Gasteiger partial charge in [-0.2, -0.15) is 4.98 Å². The molecule has 2 aromatic carbocycles. The first-order valence-electron chi connectivity index (χ1n) is 9.68. The van der Waals surface area contributed by atoms with Gasteiger partial charge in [0.1, 0.15) is 6.04 Å². The smallest absolute Gasteiger partial charge is 0.249 e. The molecular weight excluding hydrogens is 370 g/mol. The van der Waals surface area contributed by atoms with Crippen LogP contribution in [-0.2, 0) is 11.3 Å². The molecule has 0 spiro atoms.